The minimum absolute atomic E-state index is 0.148. The van der Waals surface area contributed by atoms with Gasteiger partial charge < -0.3 is 10.2 Å². The number of nitrogens with zero attached hydrogens (tertiary/aromatic N) is 3. The summed E-state index contributed by atoms with van der Waals surface area (Å²) in [7, 11) is 0. The summed E-state index contributed by atoms with van der Waals surface area (Å²) in [5, 5.41) is 3.98. The Hall–Kier alpha value is -2.33. The maximum atomic E-state index is 13.8. The van der Waals surface area contributed by atoms with E-state index in [0.717, 1.165) is 43.2 Å². The second kappa shape index (κ2) is 9.04. The van der Waals surface area contributed by atoms with E-state index in [4.69, 9.17) is 0 Å². The molecule has 0 amide bonds. The number of hydrogen-bond donors (Lipinski definition) is 1. The third-order valence-electron chi connectivity index (χ3n) is 5.36. The van der Waals surface area contributed by atoms with E-state index < -0.39 is 24.2 Å². The number of thiophene rings is 1. The highest BCUT2D eigenvalue weighted by Gasteiger charge is 2.29. The number of hydrogen-bond acceptors (Lipinski definition) is 5. The van der Waals surface area contributed by atoms with Crippen molar-refractivity contribution in [3.63, 3.8) is 0 Å². The maximum Gasteiger partial charge on any atom is 0.393 e. The van der Waals surface area contributed by atoms with Crippen molar-refractivity contribution >= 4 is 27.4 Å². The first-order valence-corrected chi connectivity index (χ1v) is 10.8. The summed E-state index contributed by atoms with van der Waals surface area (Å²) in [5.41, 5.74) is 0.412. The van der Waals surface area contributed by atoms with Crippen LogP contribution in [0.5, 0.6) is 0 Å². The Kier molecular flexibility index (Phi) is 6.38. The van der Waals surface area contributed by atoms with Crippen molar-refractivity contribution in [2.24, 2.45) is 0 Å². The quantitative estimate of drug-likeness (QED) is 0.535. The van der Waals surface area contributed by atoms with Crippen LogP contribution in [0.3, 0.4) is 0 Å². The number of benzene rings is 1. The summed E-state index contributed by atoms with van der Waals surface area (Å²) in [6.45, 7) is 1.69. The van der Waals surface area contributed by atoms with E-state index >= 15 is 0 Å². The number of anilines is 1. The van der Waals surface area contributed by atoms with Crippen molar-refractivity contribution in [2.45, 2.75) is 44.4 Å². The van der Waals surface area contributed by atoms with Crippen LogP contribution in [0.1, 0.15) is 29.7 Å². The largest absolute Gasteiger partial charge is 0.393 e. The molecule has 1 saturated heterocycles. The summed E-state index contributed by atoms with van der Waals surface area (Å²) in [6, 6.07) is 5.24. The Labute approximate surface area is 180 Å². The summed E-state index contributed by atoms with van der Waals surface area (Å²) in [6.07, 6.45) is -1.35. The Balaban J connectivity index is 1.43. The number of alkyl halides is 3. The number of nitrogens with one attached hydrogen (secondary N) is 1. The van der Waals surface area contributed by atoms with E-state index in [1.54, 1.807) is 6.07 Å². The minimum atomic E-state index is -4.26. The Morgan fingerprint density at radius 2 is 1.94 bits per heavy atom. The lowest BCUT2D eigenvalue weighted by Crippen LogP contribution is -2.31. The monoisotopic (exact) mass is 456 g/mol. The van der Waals surface area contributed by atoms with Gasteiger partial charge in [0.2, 0.25) is 0 Å². The van der Waals surface area contributed by atoms with Gasteiger partial charge in [-0.15, -0.1) is 11.3 Å². The van der Waals surface area contributed by atoms with E-state index in [1.807, 2.05) is 0 Å². The van der Waals surface area contributed by atoms with Crippen molar-refractivity contribution < 1.29 is 22.0 Å². The molecule has 10 heteroatoms. The van der Waals surface area contributed by atoms with Crippen molar-refractivity contribution in [3.05, 3.63) is 52.7 Å². The summed E-state index contributed by atoms with van der Waals surface area (Å²) >= 11 is 1.04. The zero-order valence-electron chi connectivity index (χ0n) is 16.6. The van der Waals surface area contributed by atoms with E-state index in [2.05, 4.69) is 20.2 Å². The molecular weight excluding hydrogens is 435 g/mol. The van der Waals surface area contributed by atoms with Gasteiger partial charge in [-0.05, 0) is 31.4 Å². The fourth-order valence-corrected chi connectivity index (χ4v) is 4.88. The van der Waals surface area contributed by atoms with Crippen molar-refractivity contribution in [1.82, 2.24) is 15.3 Å². The van der Waals surface area contributed by atoms with Crippen LogP contribution in [0.4, 0.5) is 27.8 Å². The number of rotatable bonds is 5. The van der Waals surface area contributed by atoms with Crippen LogP contribution in [0.15, 0.2) is 30.6 Å². The van der Waals surface area contributed by atoms with E-state index in [-0.39, 0.29) is 10.9 Å². The highest BCUT2D eigenvalue weighted by Crippen LogP contribution is 2.34. The molecule has 0 radical (unpaired) electrons. The molecule has 1 fully saturated rings. The van der Waals surface area contributed by atoms with Crippen LogP contribution in [0.25, 0.3) is 10.2 Å². The SMILES string of the molecule is Fc1ccc(CN[C@@H]2CCCN(c3ncnc4sc(CC(F)(F)F)cc34)CC2)c(F)c1. The van der Waals surface area contributed by atoms with Gasteiger partial charge in [-0.3, -0.25) is 0 Å². The normalized spacial score (nSPS) is 17.8. The molecule has 3 heterocycles. The average Bonchev–Trinajstić information content (AvgIpc) is 2.94. The van der Waals surface area contributed by atoms with Gasteiger partial charge in [-0.2, -0.15) is 13.2 Å². The molecular formula is C21H21F5N4S. The molecule has 4 nitrogen and oxygen atoms in total. The van der Waals surface area contributed by atoms with Crippen LogP contribution in [0, 0.1) is 11.6 Å². The standard InChI is InChI=1S/C21H21F5N4S/c22-14-4-3-13(18(23)8-14)11-27-15-2-1-6-30(7-5-15)19-17-9-16(10-21(24,25)26)31-20(17)29-12-28-19/h3-4,8-9,12,15,27H,1-2,5-7,10-11H2/t15-/m1/s1. The fourth-order valence-electron chi connectivity index (χ4n) is 3.86. The lowest BCUT2D eigenvalue weighted by Gasteiger charge is -2.22. The molecule has 4 rings (SSSR count). The molecule has 1 N–H and O–H groups in total. The van der Waals surface area contributed by atoms with Crippen LogP contribution in [0.2, 0.25) is 0 Å². The molecule has 0 bridgehead atoms. The third-order valence-corrected chi connectivity index (χ3v) is 6.40. The van der Waals surface area contributed by atoms with E-state index in [9.17, 15) is 22.0 Å². The Morgan fingerprint density at radius 3 is 2.71 bits per heavy atom. The molecule has 166 valence electrons. The van der Waals surface area contributed by atoms with Gasteiger partial charge >= 0.3 is 6.18 Å². The van der Waals surface area contributed by atoms with Gasteiger partial charge in [-0.25, -0.2) is 18.7 Å². The first kappa shape index (κ1) is 21.9. The van der Waals surface area contributed by atoms with Gasteiger partial charge in [0.15, 0.2) is 0 Å². The van der Waals surface area contributed by atoms with Crippen LogP contribution < -0.4 is 10.2 Å². The van der Waals surface area contributed by atoms with Crippen LogP contribution >= 0.6 is 11.3 Å². The average molecular weight is 456 g/mol. The minimum Gasteiger partial charge on any atom is -0.356 e. The number of fused-ring (bicyclic) bond motifs is 1. The van der Waals surface area contributed by atoms with Gasteiger partial charge in [-0.1, -0.05) is 6.07 Å². The van der Waals surface area contributed by atoms with Crippen LogP contribution in [-0.4, -0.2) is 35.3 Å². The zero-order chi connectivity index (χ0) is 22.0. The van der Waals surface area contributed by atoms with Gasteiger partial charge in [0, 0.05) is 42.2 Å². The fraction of sp³-hybridized carbons (Fsp3) is 0.429. The molecule has 3 aromatic rings. The van der Waals surface area contributed by atoms with E-state index in [0.29, 0.717) is 34.7 Å². The summed E-state index contributed by atoms with van der Waals surface area (Å²) in [5.74, 6) is -0.521. The molecule has 31 heavy (non-hydrogen) atoms. The number of aromatic nitrogens is 2. The van der Waals surface area contributed by atoms with Gasteiger partial charge in [0.1, 0.15) is 28.6 Å². The highest BCUT2D eigenvalue weighted by molar-refractivity contribution is 7.18. The van der Waals surface area contributed by atoms with E-state index in [1.165, 1.54) is 18.5 Å². The number of halogens is 5. The highest BCUT2D eigenvalue weighted by atomic mass is 32.1. The van der Waals surface area contributed by atoms with Crippen molar-refractivity contribution in [3.8, 4) is 0 Å². The van der Waals surface area contributed by atoms with Crippen LogP contribution in [-0.2, 0) is 13.0 Å². The Bertz CT molecular complexity index is 1050. The van der Waals surface area contributed by atoms with Crippen molar-refractivity contribution in [2.75, 3.05) is 18.0 Å². The molecule has 1 aromatic carbocycles. The molecule has 2 aromatic heterocycles. The molecule has 1 aliphatic rings. The molecule has 0 saturated carbocycles. The first-order valence-electron chi connectivity index (χ1n) is 10.0. The predicted octanol–water partition coefficient (Wildman–Crippen LogP) is 5.22. The predicted molar refractivity (Wildman–Crippen MR) is 110 cm³/mol. The molecule has 0 spiro atoms. The smallest absolute Gasteiger partial charge is 0.356 e. The lowest BCUT2D eigenvalue weighted by molar-refractivity contribution is -0.126. The third kappa shape index (κ3) is 5.48. The van der Waals surface area contributed by atoms with Gasteiger partial charge in [0.25, 0.3) is 0 Å². The molecule has 1 aliphatic heterocycles. The van der Waals surface area contributed by atoms with Crippen molar-refractivity contribution in [1.29, 1.82) is 0 Å². The molecule has 0 aliphatic carbocycles. The summed E-state index contributed by atoms with van der Waals surface area (Å²) < 4.78 is 65.2. The second-order valence-corrected chi connectivity index (χ2v) is 8.77. The van der Waals surface area contributed by atoms with Gasteiger partial charge in [0.05, 0.1) is 11.8 Å². The second-order valence-electron chi connectivity index (χ2n) is 7.65. The topological polar surface area (TPSA) is 41.0 Å². The summed E-state index contributed by atoms with van der Waals surface area (Å²) in [4.78, 5) is 11.3. The zero-order valence-corrected chi connectivity index (χ0v) is 17.4. The first-order chi connectivity index (χ1) is 14.8. The molecule has 0 unspecified atom stereocenters. The molecule has 1 atom stereocenters. The lowest BCUT2D eigenvalue weighted by atomic mass is 10.1. The maximum absolute atomic E-state index is 13.8. The Morgan fingerprint density at radius 1 is 1.10 bits per heavy atom.